The topological polar surface area (TPSA) is 113 Å². The maximum Gasteiger partial charge on any atom is 0.338 e. The minimum atomic E-state index is -1.24. The van der Waals surface area contributed by atoms with Gasteiger partial charge in [-0.2, -0.15) is 0 Å². The molecule has 7 nitrogen and oxygen atoms in total. The molecule has 0 radical (unpaired) electrons. The van der Waals surface area contributed by atoms with E-state index in [9.17, 15) is 14.9 Å². The molecule has 0 aromatic heterocycles. The van der Waals surface area contributed by atoms with E-state index in [-0.39, 0.29) is 35.5 Å². The second-order valence-corrected chi connectivity index (χ2v) is 4.35. The maximum absolute atomic E-state index is 11.1. The van der Waals surface area contributed by atoms with Gasteiger partial charge in [0.05, 0.1) is 10.5 Å². The first kappa shape index (κ1) is 14.9. The molecular weight excluding hydrogens is 252 g/mol. The number of para-hydroxylation sites is 1. The lowest BCUT2D eigenvalue weighted by Gasteiger charge is -2.21. The fourth-order valence-electron chi connectivity index (χ4n) is 1.55. The van der Waals surface area contributed by atoms with Gasteiger partial charge in [0.25, 0.3) is 5.69 Å². The summed E-state index contributed by atoms with van der Waals surface area (Å²) < 4.78 is 0. The van der Waals surface area contributed by atoms with Crippen LogP contribution < -0.4 is 5.32 Å². The van der Waals surface area contributed by atoms with Crippen LogP contribution in [0.4, 0.5) is 11.4 Å². The van der Waals surface area contributed by atoms with Crippen LogP contribution in [0.3, 0.4) is 0 Å². The van der Waals surface area contributed by atoms with Gasteiger partial charge in [-0.05, 0) is 18.9 Å². The summed E-state index contributed by atoms with van der Waals surface area (Å²) in [5, 5.41) is 31.9. The van der Waals surface area contributed by atoms with Gasteiger partial charge in [0.2, 0.25) is 0 Å². The number of anilines is 1. The number of hydrogen-bond donors (Lipinski definition) is 3. The number of carboxylic acid groups (broad SMARTS) is 1. The maximum atomic E-state index is 11.1. The fourth-order valence-corrected chi connectivity index (χ4v) is 1.55. The smallest absolute Gasteiger partial charge is 0.338 e. The Morgan fingerprint density at radius 2 is 2.11 bits per heavy atom. The van der Waals surface area contributed by atoms with Crippen molar-refractivity contribution in [2.24, 2.45) is 5.92 Å². The Labute approximate surface area is 110 Å². The Morgan fingerprint density at radius 1 is 1.47 bits per heavy atom. The zero-order chi connectivity index (χ0) is 14.6. The summed E-state index contributed by atoms with van der Waals surface area (Å²) in [5.74, 6) is -1.41. The lowest BCUT2D eigenvalue weighted by molar-refractivity contribution is -0.384. The van der Waals surface area contributed by atoms with Crippen molar-refractivity contribution in [2.75, 3.05) is 11.9 Å². The van der Waals surface area contributed by atoms with Crippen LogP contribution in [0, 0.1) is 16.0 Å². The third-order valence-corrected chi connectivity index (χ3v) is 2.98. The third kappa shape index (κ3) is 3.41. The van der Waals surface area contributed by atoms with Crippen molar-refractivity contribution >= 4 is 17.3 Å². The SMILES string of the molecule is CC(CO)C(C)Nc1c(C(=O)O)cccc1[N+](=O)[O-]. The van der Waals surface area contributed by atoms with Crippen molar-refractivity contribution in [1.29, 1.82) is 0 Å². The van der Waals surface area contributed by atoms with Crippen LogP contribution in [-0.2, 0) is 0 Å². The van der Waals surface area contributed by atoms with E-state index in [0.717, 1.165) is 0 Å². The normalized spacial score (nSPS) is 13.6. The molecule has 0 heterocycles. The van der Waals surface area contributed by atoms with Crippen LogP contribution in [0.5, 0.6) is 0 Å². The molecule has 0 aliphatic rings. The van der Waals surface area contributed by atoms with Crippen LogP contribution in [0.25, 0.3) is 0 Å². The lowest BCUT2D eigenvalue weighted by atomic mass is 10.0. The number of nitro benzene ring substituents is 1. The molecule has 19 heavy (non-hydrogen) atoms. The van der Waals surface area contributed by atoms with Gasteiger partial charge in [0, 0.05) is 18.7 Å². The number of benzene rings is 1. The molecule has 1 aromatic rings. The number of carboxylic acids is 1. The summed E-state index contributed by atoms with van der Waals surface area (Å²) in [5.41, 5.74) is -0.490. The fraction of sp³-hybridized carbons (Fsp3) is 0.417. The molecule has 104 valence electrons. The molecule has 0 spiro atoms. The van der Waals surface area contributed by atoms with Crippen molar-refractivity contribution in [3.8, 4) is 0 Å². The van der Waals surface area contributed by atoms with Crippen molar-refractivity contribution in [3.05, 3.63) is 33.9 Å². The van der Waals surface area contributed by atoms with Crippen molar-refractivity contribution in [3.63, 3.8) is 0 Å². The summed E-state index contributed by atoms with van der Waals surface area (Å²) >= 11 is 0. The van der Waals surface area contributed by atoms with E-state index < -0.39 is 10.9 Å². The number of carbonyl (C=O) groups is 1. The van der Waals surface area contributed by atoms with Crippen molar-refractivity contribution < 1.29 is 19.9 Å². The molecule has 1 aromatic carbocycles. The first-order chi connectivity index (χ1) is 8.88. The van der Waals surface area contributed by atoms with E-state index >= 15 is 0 Å². The van der Waals surface area contributed by atoms with Crippen molar-refractivity contribution in [2.45, 2.75) is 19.9 Å². The predicted molar refractivity (Wildman–Crippen MR) is 69.4 cm³/mol. The Hall–Kier alpha value is -2.15. The Kier molecular flexibility index (Phi) is 4.82. The number of rotatable bonds is 6. The largest absolute Gasteiger partial charge is 0.478 e. The lowest BCUT2D eigenvalue weighted by Crippen LogP contribution is -2.27. The molecule has 2 atom stereocenters. The molecule has 7 heteroatoms. The highest BCUT2D eigenvalue weighted by molar-refractivity contribution is 5.96. The van der Waals surface area contributed by atoms with Gasteiger partial charge in [-0.15, -0.1) is 0 Å². The Morgan fingerprint density at radius 3 is 2.58 bits per heavy atom. The molecule has 0 aliphatic carbocycles. The van der Waals surface area contributed by atoms with Crippen LogP contribution in [0.1, 0.15) is 24.2 Å². The minimum absolute atomic E-state index is 0.0344. The molecular formula is C12H16N2O5. The standard InChI is InChI=1S/C12H16N2O5/c1-7(6-15)8(2)13-11-9(12(16)17)4-3-5-10(11)14(18)19/h3-5,7-8,13,15H,6H2,1-2H3,(H,16,17). The summed E-state index contributed by atoms with van der Waals surface area (Å²) in [6.07, 6.45) is 0. The molecule has 2 unspecified atom stereocenters. The third-order valence-electron chi connectivity index (χ3n) is 2.98. The average molecular weight is 268 g/mol. The van der Waals surface area contributed by atoms with Gasteiger partial charge in [-0.25, -0.2) is 4.79 Å². The van der Waals surface area contributed by atoms with E-state index in [1.807, 2.05) is 0 Å². The number of nitrogens with zero attached hydrogens (tertiary/aromatic N) is 1. The average Bonchev–Trinajstić information content (AvgIpc) is 2.37. The van der Waals surface area contributed by atoms with E-state index in [0.29, 0.717) is 0 Å². The van der Waals surface area contributed by atoms with Gasteiger partial charge in [-0.3, -0.25) is 10.1 Å². The molecule has 0 bridgehead atoms. The first-order valence-electron chi connectivity index (χ1n) is 5.76. The molecule has 0 saturated heterocycles. The molecule has 1 rings (SSSR count). The molecule has 0 fully saturated rings. The molecule has 0 aliphatic heterocycles. The minimum Gasteiger partial charge on any atom is -0.478 e. The highest BCUT2D eigenvalue weighted by atomic mass is 16.6. The molecule has 3 N–H and O–H groups in total. The second-order valence-electron chi connectivity index (χ2n) is 4.35. The monoisotopic (exact) mass is 268 g/mol. The number of nitrogens with one attached hydrogen (secondary N) is 1. The summed E-state index contributed by atoms with van der Waals surface area (Å²) in [6.45, 7) is 3.38. The van der Waals surface area contributed by atoms with Crippen LogP contribution in [0.15, 0.2) is 18.2 Å². The Bertz CT molecular complexity index is 457. The van der Waals surface area contributed by atoms with Crippen LogP contribution in [0.2, 0.25) is 0 Å². The second kappa shape index (κ2) is 6.14. The first-order valence-corrected chi connectivity index (χ1v) is 5.76. The van der Waals surface area contributed by atoms with E-state index in [2.05, 4.69) is 5.32 Å². The quantitative estimate of drug-likeness (QED) is 0.535. The zero-order valence-corrected chi connectivity index (χ0v) is 10.7. The highest BCUT2D eigenvalue weighted by Crippen LogP contribution is 2.29. The predicted octanol–water partition coefficient (Wildman–Crippen LogP) is 1.72. The van der Waals surface area contributed by atoms with Crippen LogP contribution in [-0.4, -0.2) is 33.8 Å². The highest BCUT2D eigenvalue weighted by Gasteiger charge is 2.23. The number of nitro groups is 1. The van der Waals surface area contributed by atoms with Gasteiger partial charge in [-0.1, -0.05) is 13.0 Å². The Balaban J connectivity index is 3.22. The number of aliphatic hydroxyl groups excluding tert-OH is 1. The number of hydrogen-bond acceptors (Lipinski definition) is 5. The van der Waals surface area contributed by atoms with Gasteiger partial charge in [0.15, 0.2) is 0 Å². The van der Waals surface area contributed by atoms with Gasteiger partial charge >= 0.3 is 5.97 Å². The summed E-state index contributed by atoms with van der Waals surface area (Å²) in [6, 6.07) is 3.57. The number of aromatic carboxylic acids is 1. The van der Waals surface area contributed by atoms with E-state index in [1.54, 1.807) is 13.8 Å². The van der Waals surface area contributed by atoms with Crippen LogP contribution >= 0.6 is 0 Å². The van der Waals surface area contributed by atoms with Gasteiger partial charge < -0.3 is 15.5 Å². The van der Waals surface area contributed by atoms with Crippen molar-refractivity contribution in [1.82, 2.24) is 0 Å². The van der Waals surface area contributed by atoms with E-state index in [1.165, 1.54) is 18.2 Å². The summed E-state index contributed by atoms with van der Waals surface area (Å²) in [4.78, 5) is 21.4. The van der Waals surface area contributed by atoms with Gasteiger partial charge in [0.1, 0.15) is 5.69 Å². The van der Waals surface area contributed by atoms with E-state index in [4.69, 9.17) is 10.2 Å². The summed E-state index contributed by atoms with van der Waals surface area (Å²) in [7, 11) is 0. The number of aliphatic hydroxyl groups is 1. The molecule has 0 saturated carbocycles. The molecule has 0 amide bonds. The zero-order valence-electron chi connectivity index (χ0n) is 10.7.